The summed E-state index contributed by atoms with van der Waals surface area (Å²) in [6.07, 6.45) is 6.35. The molecule has 0 bridgehead atoms. The fourth-order valence-corrected chi connectivity index (χ4v) is 3.60. The average molecular weight is 517 g/mol. The topological polar surface area (TPSA) is 95.1 Å². The van der Waals surface area contributed by atoms with Gasteiger partial charge in [-0.2, -0.15) is 0 Å². The van der Waals surface area contributed by atoms with Crippen molar-refractivity contribution in [3.05, 3.63) is 95.1 Å². The molecule has 0 heterocycles. The Hall–Kier alpha value is -4.72. The van der Waals surface area contributed by atoms with Crippen LogP contribution in [0.25, 0.3) is 12.2 Å². The van der Waals surface area contributed by atoms with Gasteiger partial charge in [0, 0.05) is 25.2 Å². The molecule has 0 saturated carbocycles. The van der Waals surface area contributed by atoms with Crippen LogP contribution in [0, 0.1) is 0 Å². The standard InChI is InChI=1S/C30H32N2O6/c1-35-25-12-8-21(17-27(25)37-3)10-14-29(33)31-19-23-6-5-7-24(16-23)20-32-30(34)15-11-22-9-13-26(36-2)28(18-22)38-4/h5-18H,19-20H2,1-4H3,(H,31,33)(H,32,34). The van der Waals surface area contributed by atoms with Crippen molar-refractivity contribution in [1.82, 2.24) is 10.6 Å². The second-order valence-electron chi connectivity index (χ2n) is 8.15. The lowest BCUT2D eigenvalue weighted by Gasteiger charge is -2.08. The Labute approximate surface area is 222 Å². The van der Waals surface area contributed by atoms with Crippen molar-refractivity contribution in [2.24, 2.45) is 0 Å². The highest BCUT2D eigenvalue weighted by Crippen LogP contribution is 2.28. The van der Waals surface area contributed by atoms with E-state index in [-0.39, 0.29) is 11.8 Å². The van der Waals surface area contributed by atoms with Gasteiger partial charge in [-0.25, -0.2) is 0 Å². The quantitative estimate of drug-likeness (QED) is 0.347. The van der Waals surface area contributed by atoms with E-state index in [1.807, 2.05) is 36.4 Å². The molecule has 0 unspecified atom stereocenters. The molecule has 8 heteroatoms. The molecule has 0 saturated heterocycles. The van der Waals surface area contributed by atoms with Crippen molar-refractivity contribution in [2.45, 2.75) is 13.1 Å². The van der Waals surface area contributed by atoms with Crippen LogP contribution in [-0.4, -0.2) is 40.3 Å². The number of hydrogen-bond donors (Lipinski definition) is 2. The van der Waals surface area contributed by atoms with Gasteiger partial charge in [-0.1, -0.05) is 36.4 Å². The molecule has 2 N–H and O–H groups in total. The molecule has 0 aliphatic heterocycles. The number of amides is 2. The van der Waals surface area contributed by atoms with Crippen LogP contribution in [0.5, 0.6) is 23.0 Å². The molecule has 0 atom stereocenters. The number of benzene rings is 3. The lowest BCUT2D eigenvalue weighted by molar-refractivity contribution is -0.117. The second-order valence-corrected chi connectivity index (χ2v) is 8.15. The first kappa shape index (κ1) is 27.9. The molecule has 198 valence electrons. The van der Waals surface area contributed by atoms with E-state index in [9.17, 15) is 9.59 Å². The third-order valence-electron chi connectivity index (χ3n) is 5.59. The highest BCUT2D eigenvalue weighted by Gasteiger charge is 2.05. The van der Waals surface area contributed by atoms with E-state index in [0.29, 0.717) is 36.1 Å². The molecule has 0 fully saturated rings. The molecule has 2 amide bonds. The third kappa shape index (κ3) is 8.16. The van der Waals surface area contributed by atoms with Crippen LogP contribution in [0.1, 0.15) is 22.3 Å². The van der Waals surface area contributed by atoms with E-state index in [4.69, 9.17) is 18.9 Å². The normalized spacial score (nSPS) is 10.8. The van der Waals surface area contributed by atoms with Crippen molar-refractivity contribution in [3.63, 3.8) is 0 Å². The first-order chi connectivity index (χ1) is 18.4. The predicted molar refractivity (Wildman–Crippen MR) is 147 cm³/mol. The molecule has 0 spiro atoms. The van der Waals surface area contributed by atoms with E-state index < -0.39 is 0 Å². The van der Waals surface area contributed by atoms with Gasteiger partial charge in [-0.15, -0.1) is 0 Å². The van der Waals surface area contributed by atoms with Gasteiger partial charge in [0.1, 0.15) is 0 Å². The molecule has 3 aromatic rings. The summed E-state index contributed by atoms with van der Waals surface area (Å²) in [5.41, 5.74) is 3.47. The Bertz CT molecular complexity index is 1220. The summed E-state index contributed by atoms with van der Waals surface area (Å²) in [5, 5.41) is 5.74. The highest BCUT2D eigenvalue weighted by molar-refractivity contribution is 5.92. The Balaban J connectivity index is 1.49. The number of methoxy groups -OCH3 is 4. The Morgan fingerprint density at radius 1 is 0.605 bits per heavy atom. The lowest BCUT2D eigenvalue weighted by atomic mass is 10.1. The number of hydrogen-bond acceptors (Lipinski definition) is 6. The Morgan fingerprint density at radius 3 is 1.42 bits per heavy atom. The SMILES string of the molecule is COc1ccc(C=CC(=O)NCc2cccc(CNC(=O)C=Cc3ccc(OC)c(OC)c3)c2)cc1OC. The molecule has 0 aliphatic rings. The number of ether oxygens (including phenoxy) is 4. The fraction of sp³-hybridized carbons (Fsp3) is 0.200. The lowest BCUT2D eigenvalue weighted by Crippen LogP contribution is -2.21. The molecule has 0 radical (unpaired) electrons. The van der Waals surface area contributed by atoms with Crippen LogP contribution in [-0.2, 0) is 22.7 Å². The highest BCUT2D eigenvalue weighted by atomic mass is 16.5. The van der Waals surface area contributed by atoms with Crippen molar-refractivity contribution < 1.29 is 28.5 Å². The van der Waals surface area contributed by atoms with Crippen molar-refractivity contribution >= 4 is 24.0 Å². The zero-order chi connectivity index (χ0) is 27.3. The molecule has 0 aromatic heterocycles. The minimum atomic E-state index is -0.223. The molecule has 8 nitrogen and oxygen atoms in total. The molecule has 0 aliphatic carbocycles. The third-order valence-corrected chi connectivity index (χ3v) is 5.59. The van der Waals surface area contributed by atoms with Gasteiger partial charge in [-0.05, 0) is 58.7 Å². The Kier molecular flexibility index (Phi) is 10.4. The number of carbonyl (C=O) groups excluding carboxylic acids is 2. The summed E-state index contributed by atoms with van der Waals surface area (Å²) in [6.45, 7) is 0.714. The molecular formula is C30H32N2O6. The first-order valence-corrected chi connectivity index (χ1v) is 11.9. The average Bonchev–Trinajstić information content (AvgIpc) is 2.96. The summed E-state index contributed by atoms with van der Waals surface area (Å²) in [4.78, 5) is 24.6. The van der Waals surface area contributed by atoms with E-state index >= 15 is 0 Å². The van der Waals surface area contributed by atoms with E-state index in [1.54, 1.807) is 64.9 Å². The maximum absolute atomic E-state index is 12.3. The minimum absolute atomic E-state index is 0.223. The van der Waals surface area contributed by atoms with Gasteiger partial charge in [0.25, 0.3) is 0 Å². The Morgan fingerprint density at radius 2 is 1.03 bits per heavy atom. The maximum atomic E-state index is 12.3. The fourth-order valence-electron chi connectivity index (χ4n) is 3.60. The largest absolute Gasteiger partial charge is 0.493 e. The van der Waals surface area contributed by atoms with Crippen LogP contribution >= 0.6 is 0 Å². The molecule has 3 rings (SSSR count). The van der Waals surface area contributed by atoms with Crippen molar-refractivity contribution in [2.75, 3.05) is 28.4 Å². The van der Waals surface area contributed by atoms with Gasteiger partial charge >= 0.3 is 0 Å². The van der Waals surface area contributed by atoms with Crippen LogP contribution in [0.3, 0.4) is 0 Å². The van der Waals surface area contributed by atoms with Crippen LogP contribution in [0.15, 0.2) is 72.8 Å². The van der Waals surface area contributed by atoms with Gasteiger partial charge in [0.2, 0.25) is 11.8 Å². The van der Waals surface area contributed by atoms with E-state index in [1.165, 1.54) is 12.2 Å². The predicted octanol–water partition coefficient (Wildman–Crippen LogP) is 4.38. The van der Waals surface area contributed by atoms with Crippen LogP contribution in [0.4, 0.5) is 0 Å². The number of rotatable bonds is 12. The maximum Gasteiger partial charge on any atom is 0.244 e. The van der Waals surface area contributed by atoms with Gasteiger partial charge in [-0.3, -0.25) is 9.59 Å². The van der Waals surface area contributed by atoms with Crippen LogP contribution in [0.2, 0.25) is 0 Å². The molecule has 38 heavy (non-hydrogen) atoms. The second kappa shape index (κ2) is 14.1. The summed E-state index contributed by atoms with van der Waals surface area (Å²) >= 11 is 0. The first-order valence-electron chi connectivity index (χ1n) is 11.9. The van der Waals surface area contributed by atoms with Gasteiger partial charge in [0.15, 0.2) is 23.0 Å². The minimum Gasteiger partial charge on any atom is -0.493 e. The smallest absolute Gasteiger partial charge is 0.244 e. The summed E-state index contributed by atoms with van der Waals surface area (Å²) in [6, 6.07) is 18.5. The van der Waals surface area contributed by atoms with Crippen LogP contribution < -0.4 is 29.6 Å². The number of carbonyl (C=O) groups is 2. The zero-order valence-corrected chi connectivity index (χ0v) is 21.9. The van der Waals surface area contributed by atoms with Gasteiger partial charge < -0.3 is 29.6 Å². The zero-order valence-electron chi connectivity index (χ0n) is 21.9. The summed E-state index contributed by atoms with van der Waals surface area (Å²) in [5.74, 6) is 1.99. The summed E-state index contributed by atoms with van der Waals surface area (Å²) in [7, 11) is 6.27. The summed E-state index contributed by atoms with van der Waals surface area (Å²) < 4.78 is 21.0. The van der Waals surface area contributed by atoms with Crippen molar-refractivity contribution in [3.8, 4) is 23.0 Å². The van der Waals surface area contributed by atoms with E-state index in [2.05, 4.69) is 10.6 Å². The van der Waals surface area contributed by atoms with Crippen molar-refractivity contribution in [1.29, 1.82) is 0 Å². The molecular weight excluding hydrogens is 484 g/mol. The number of nitrogens with one attached hydrogen (secondary N) is 2. The van der Waals surface area contributed by atoms with E-state index in [0.717, 1.165) is 22.3 Å². The van der Waals surface area contributed by atoms with Gasteiger partial charge in [0.05, 0.1) is 28.4 Å². The monoisotopic (exact) mass is 516 g/mol. The molecule has 3 aromatic carbocycles.